The number of nitrogens with two attached hydrogens (primary N) is 1. The van der Waals surface area contributed by atoms with Crippen molar-refractivity contribution in [2.24, 2.45) is 11.7 Å². The molecule has 0 bridgehead atoms. The van der Waals surface area contributed by atoms with Gasteiger partial charge >= 0.3 is 0 Å². The Balaban J connectivity index is 1.53. The highest BCUT2D eigenvalue weighted by Crippen LogP contribution is 2.28. The van der Waals surface area contributed by atoms with Crippen molar-refractivity contribution in [1.29, 1.82) is 0 Å². The van der Waals surface area contributed by atoms with Crippen LogP contribution >= 0.6 is 0 Å². The summed E-state index contributed by atoms with van der Waals surface area (Å²) in [6.45, 7) is 1.49. The minimum Gasteiger partial charge on any atom is -0.497 e. The Morgan fingerprint density at radius 2 is 1.67 bits per heavy atom. The maximum Gasteiger partial charge on any atom is 0.257 e. The Kier molecular flexibility index (Phi) is 7.33. The molecule has 0 aliphatic carbocycles. The molecule has 2 aromatic rings. The molecule has 1 fully saturated rings. The highest BCUT2D eigenvalue weighted by atomic mass is 16.5. The predicted molar refractivity (Wildman–Crippen MR) is 116 cm³/mol. The highest BCUT2D eigenvalue weighted by molar-refractivity contribution is 5.97. The average Bonchev–Trinajstić information content (AvgIpc) is 2.78. The van der Waals surface area contributed by atoms with Crippen molar-refractivity contribution in [2.75, 3.05) is 27.3 Å². The fourth-order valence-electron chi connectivity index (χ4n) is 3.93. The summed E-state index contributed by atoms with van der Waals surface area (Å²) in [5.41, 5.74) is 8.21. The molecule has 1 aliphatic rings. The number of hydrogen-bond donors (Lipinski definition) is 1. The summed E-state index contributed by atoms with van der Waals surface area (Å²) in [5, 5.41) is 0. The molecule has 0 aromatic heterocycles. The monoisotopic (exact) mass is 410 g/mol. The Morgan fingerprint density at radius 1 is 1.00 bits per heavy atom. The number of ether oxygens (including phenoxy) is 2. The molecule has 0 spiro atoms. The van der Waals surface area contributed by atoms with Gasteiger partial charge in [-0.25, -0.2) is 0 Å². The number of hydrogen-bond acceptors (Lipinski definition) is 4. The van der Waals surface area contributed by atoms with Crippen LogP contribution in [0.15, 0.2) is 42.5 Å². The number of carbonyl (C=O) groups excluding carboxylic acids is 2. The van der Waals surface area contributed by atoms with E-state index in [4.69, 9.17) is 15.2 Å². The second-order valence-corrected chi connectivity index (χ2v) is 7.79. The zero-order valence-electron chi connectivity index (χ0n) is 17.7. The Hall–Kier alpha value is -3.02. The molecule has 0 unspecified atom stereocenters. The number of nitrogens with zero attached hydrogens (tertiary/aromatic N) is 1. The highest BCUT2D eigenvalue weighted by Gasteiger charge is 2.25. The first-order valence-corrected chi connectivity index (χ1v) is 10.4. The van der Waals surface area contributed by atoms with Gasteiger partial charge in [-0.15, -0.1) is 0 Å². The number of likely N-dealkylation sites (tertiary alicyclic amines) is 1. The second-order valence-electron chi connectivity index (χ2n) is 7.79. The van der Waals surface area contributed by atoms with E-state index in [0.717, 1.165) is 37.9 Å². The largest absolute Gasteiger partial charge is 0.497 e. The second kappa shape index (κ2) is 10.1. The van der Waals surface area contributed by atoms with Crippen molar-refractivity contribution in [3.63, 3.8) is 0 Å². The van der Waals surface area contributed by atoms with Crippen LogP contribution in [-0.4, -0.2) is 44.0 Å². The van der Waals surface area contributed by atoms with E-state index in [1.54, 1.807) is 32.4 Å². The summed E-state index contributed by atoms with van der Waals surface area (Å²) >= 11 is 0. The van der Waals surface area contributed by atoms with Gasteiger partial charge in [-0.1, -0.05) is 24.3 Å². The van der Waals surface area contributed by atoms with Gasteiger partial charge in [-0.3, -0.25) is 9.59 Å². The summed E-state index contributed by atoms with van der Waals surface area (Å²) in [6, 6.07) is 13.7. The Morgan fingerprint density at radius 3 is 2.27 bits per heavy atom. The molecule has 30 heavy (non-hydrogen) atoms. The van der Waals surface area contributed by atoms with Crippen molar-refractivity contribution >= 4 is 11.8 Å². The first-order valence-electron chi connectivity index (χ1n) is 10.4. The number of primary amides is 1. The Bertz CT molecular complexity index is 871. The lowest BCUT2D eigenvalue weighted by atomic mass is 9.89. The fraction of sp³-hybridized carbons (Fsp3) is 0.417. The number of aryl methyl sites for hydroxylation is 1. The quantitative estimate of drug-likeness (QED) is 0.724. The van der Waals surface area contributed by atoms with Crippen LogP contribution in [0.4, 0.5) is 0 Å². The smallest absolute Gasteiger partial charge is 0.257 e. The molecule has 0 saturated carbocycles. The normalized spacial score (nSPS) is 14.4. The molecule has 2 N–H and O–H groups in total. The number of piperidine rings is 1. The van der Waals surface area contributed by atoms with Gasteiger partial charge in [0, 0.05) is 25.6 Å². The average molecular weight is 411 g/mol. The molecular formula is C24H30N2O4. The van der Waals surface area contributed by atoms with Gasteiger partial charge < -0.3 is 20.1 Å². The number of rotatable bonds is 8. The molecule has 1 saturated heterocycles. The third-order valence-electron chi connectivity index (χ3n) is 5.75. The summed E-state index contributed by atoms with van der Waals surface area (Å²) < 4.78 is 10.6. The minimum absolute atomic E-state index is 0.00626. The van der Waals surface area contributed by atoms with Crippen LogP contribution in [0, 0.1) is 5.92 Å². The lowest BCUT2D eigenvalue weighted by Gasteiger charge is -2.32. The SMILES string of the molecule is COc1ccc(C(=O)N2CCC(Cc3ccc(CCC(N)=O)cc3)CC2)c(OC)c1. The van der Waals surface area contributed by atoms with E-state index in [1.165, 1.54) is 5.56 Å². The minimum atomic E-state index is -0.271. The standard InChI is InChI=1S/C24H30N2O4/c1-29-20-8-9-21(22(16-20)30-2)24(28)26-13-11-19(12-14-26)15-18-5-3-17(4-6-18)7-10-23(25)27/h3-6,8-9,16,19H,7,10-15H2,1-2H3,(H2,25,27). The third kappa shape index (κ3) is 5.53. The lowest BCUT2D eigenvalue weighted by Crippen LogP contribution is -2.39. The number of carbonyl (C=O) groups is 2. The van der Waals surface area contributed by atoms with Crippen LogP contribution in [0.25, 0.3) is 0 Å². The van der Waals surface area contributed by atoms with E-state index >= 15 is 0 Å². The van der Waals surface area contributed by atoms with E-state index in [-0.39, 0.29) is 11.8 Å². The van der Waals surface area contributed by atoms with Gasteiger partial charge in [0.05, 0.1) is 19.8 Å². The van der Waals surface area contributed by atoms with Crippen LogP contribution in [0.3, 0.4) is 0 Å². The zero-order chi connectivity index (χ0) is 21.5. The van der Waals surface area contributed by atoms with Crippen LogP contribution in [0.1, 0.15) is 40.7 Å². The fourth-order valence-corrected chi connectivity index (χ4v) is 3.93. The maximum atomic E-state index is 13.0. The van der Waals surface area contributed by atoms with Gasteiger partial charge in [0.25, 0.3) is 5.91 Å². The van der Waals surface area contributed by atoms with Crippen molar-refractivity contribution in [3.05, 3.63) is 59.2 Å². The molecule has 6 heteroatoms. The van der Waals surface area contributed by atoms with Crippen molar-refractivity contribution < 1.29 is 19.1 Å². The van der Waals surface area contributed by atoms with Crippen molar-refractivity contribution in [3.8, 4) is 11.5 Å². The zero-order valence-corrected chi connectivity index (χ0v) is 17.7. The van der Waals surface area contributed by atoms with Crippen molar-refractivity contribution in [2.45, 2.75) is 32.1 Å². The molecule has 2 aromatic carbocycles. The summed E-state index contributed by atoms with van der Waals surface area (Å²) in [5.74, 6) is 1.50. The van der Waals surface area contributed by atoms with Gasteiger partial charge in [0.15, 0.2) is 0 Å². The van der Waals surface area contributed by atoms with Crippen molar-refractivity contribution in [1.82, 2.24) is 4.90 Å². The Labute approximate surface area is 178 Å². The third-order valence-corrected chi connectivity index (χ3v) is 5.75. The maximum absolute atomic E-state index is 13.0. The molecule has 1 aliphatic heterocycles. The number of benzene rings is 2. The molecule has 0 atom stereocenters. The molecule has 1 heterocycles. The first kappa shape index (κ1) is 21.7. The molecule has 0 radical (unpaired) electrons. The van der Waals surface area contributed by atoms with Gasteiger partial charge in [-0.05, 0) is 54.9 Å². The van der Waals surface area contributed by atoms with E-state index in [2.05, 4.69) is 24.3 Å². The molecule has 3 rings (SSSR count). The van der Waals surface area contributed by atoms with Gasteiger partial charge in [-0.2, -0.15) is 0 Å². The van der Waals surface area contributed by atoms with Crippen LogP contribution in [-0.2, 0) is 17.6 Å². The molecule has 6 nitrogen and oxygen atoms in total. The predicted octanol–water partition coefficient (Wildman–Crippen LogP) is 3.22. The molecular weight excluding hydrogens is 380 g/mol. The van der Waals surface area contributed by atoms with Gasteiger partial charge in [0.2, 0.25) is 5.91 Å². The van der Waals surface area contributed by atoms with E-state index < -0.39 is 0 Å². The number of amides is 2. The summed E-state index contributed by atoms with van der Waals surface area (Å²) in [4.78, 5) is 25.8. The summed E-state index contributed by atoms with van der Waals surface area (Å²) in [7, 11) is 3.16. The molecule has 2 amide bonds. The molecule has 160 valence electrons. The first-order chi connectivity index (χ1) is 14.5. The topological polar surface area (TPSA) is 81.9 Å². The summed E-state index contributed by atoms with van der Waals surface area (Å²) in [6.07, 6.45) is 4.03. The van der Waals surface area contributed by atoms with Gasteiger partial charge in [0.1, 0.15) is 11.5 Å². The lowest BCUT2D eigenvalue weighted by molar-refractivity contribution is -0.117. The van der Waals surface area contributed by atoms with E-state index in [1.807, 2.05) is 4.90 Å². The van der Waals surface area contributed by atoms with Crippen LogP contribution in [0.2, 0.25) is 0 Å². The van der Waals surface area contributed by atoms with E-state index in [9.17, 15) is 9.59 Å². The van der Waals surface area contributed by atoms with E-state index in [0.29, 0.717) is 35.8 Å². The van der Waals surface area contributed by atoms with Crippen LogP contribution < -0.4 is 15.2 Å². The van der Waals surface area contributed by atoms with Crippen LogP contribution in [0.5, 0.6) is 11.5 Å². The number of methoxy groups -OCH3 is 2.